The van der Waals surface area contributed by atoms with Crippen LogP contribution in [0.15, 0.2) is 12.4 Å². The van der Waals surface area contributed by atoms with Gasteiger partial charge in [0.05, 0.1) is 6.04 Å². The molecule has 0 aliphatic carbocycles. The molecule has 3 heterocycles. The molecule has 2 saturated heterocycles. The van der Waals surface area contributed by atoms with E-state index in [4.69, 9.17) is 0 Å². The first-order valence-corrected chi connectivity index (χ1v) is 6.59. The van der Waals surface area contributed by atoms with Crippen LogP contribution in [-0.4, -0.2) is 53.1 Å². The molecule has 2 aliphatic rings. The lowest BCUT2D eigenvalue weighted by Crippen LogP contribution is -2.52. The number of urea groups is 1. The molecule has 6 nitrogen and oxygen atoms in total. The van der Waals surface area contributed by atoms with Crippen LogP contribution >= 0.6 is 22.6 Å². The van der Waals surface area contributed by atoms with Gasteiger partial charge in [0.1, 0.15) is 0 Å². The summed E-state index contributed by atoms with van der Waals surface area (Å²) < 4.78 is 1.03. The zero-order valence-electron chi connectivity index (χ0n) is 9.14. The van der Waals surface area contributed by atoms with E-state index in [0.717, 1.165) is 35.7 Å². The number of carbonyl (C=O) groups excluding carboxylic acids is 1. The van der Waals surface area contributed by atoms with Crippen molar-refractivity contribution in [3.05, 3.63) is 16.0 Å². The molecule has 2 amide bonds. The fourth-order valence-corrected chi connectivity index (χ4v) is 2.53. The number of fused-ring (bicyclic) bond motifs is 1. The van der Waals surface area contributed by atoms with Gasteiger partial charge in [-0.2, -0.15) is 0 Å². The van der Waals surface area contributed by atoms with E-state index in [2.05, 4.69) is 42.8 Å². The molecule has 1 atom stereocenters. The Morgan fingerprint density at radius 2 is 2.12 bits per heavy atom. The maximum atomic E-state index is 11.5. The Bertz CT molecular complexity index is 437. The third-order valence-electron chi connectivity index (χ3n) is 3.12. The second-order valence-corrected chi connectivity index (χ2v) is 5.43. The molecular formula is C10H12IN5O. The summed E-state index contributed by atoms with van der Waals surface area (Å²) in [5.74, 6) is 0.754. The molecule has 7 heteroatoms. The lowest BCUT2D eigenvalue weighted by molar-refractivity contribution is 0.197. The number of anilines is 1. The predicted octanol–water partition coefficient (Wildman–Crippen LogP) is 0.295. The Kier molecular flexibility index (Phi) is 2.77. The van der Waals surface area contributed by atoms with Crippen molar-refractivity contribution in [2.45, 2.75) is 6.04 Å². The van der Waals surface area contributed by atoms with Crippen molar-refractivity contribution in [3.8, 4) is 0 Å². The van der Waals surface area contributed by atoms with Gasteiger partial charge in [0.25, 0.3) is 0 Å². The normalized spacial score (nSPS) is 23.6. The SMILES string of the molecule is O=C1NCC2CN(c3ncc(I)cn3)CCN12. The van der Waals surface area contributed by atoms with Crippen LogP contribution in [0.2, 0.25) is 0 Å². The topological polar surface area (TPSA) is 61.4 Å². The third-order valence-corrected chi connectivity index (χ3v) is 3.68. The van der Waals surface area contributed by atoms with Crippen molar-refractivity contribution in [1.29, 1.82) is 0 Å². The molecule has 0 saturated carbocycles. The maximum Gasteiger partial charge on any atom is 0.317 e. The van der Waals surface area contributed by atoms with Gasteiger partial charge >= 0.3 is 6.03 Å². The van der Waals surface area contributed by atoms with Crippen LogP contribution in [0.25, 0.3) is 0 Å². The van der Waals surface area contributed by atoms with Gasteiger partial charge in [-0.15, -0.1) is 0 Å². The molecule has 2 aliphatic heterocycles. The minimum absolute atomic E-state index is 0.0539. The third kappa shape index (κ3) is 2.03. The van der Waals surface area contributed by atoms with Gasteiger partial charge in [0, 0.05) is 42.1 Å². The number of hydrogen-bond acceptors (Lipinski definition) is 4. The van der Waals surface area contributed by atoms with E-state index in [9.17, 15) is 4.79 Å². The lowest BCUT2D eigenvalue weighted by Gasteiger charge is -2.36. The van der Waals surface area contributed by atoms with Crippen LogP contribution in [0, 0.1) is 3.57 Å². The van der Waals surface area contributed by atoms with Gasteiger partial charge in [-0.1, -0.05) is 0 Å². The summed E-state index contributed by atoms with van der Waals surface area (Å²) in [7, 11) is 0. The van der Waals surface area contributed by atoms with Gasteiger partial charge in [-0.3, -0.25) is 0 Å². The van der Waals surface area contributed by atoms with Gasteiger partial charge in [-0.05, 0) is 22.6 Å². The molecule has 2 fully saturated rings. The Labute approximate surface area is 113 Å². The van der Waals surface area contributed by atoms with E-state index < -0.39 is 0 Å². The summed E-state index contributed by atoms with van der Waals surface area (Å²) in [5.41, 5.74) is 0. The van der Waals surface area contributed by atoms with Crippen LogP contribution in [0.4, 0.5) is 10.7 Å². The first kappa shape index (κ1) is 11.0. The van der Waals surface area contributed by atoms with E-state index in [1.165, 1.54) is 0 Å². The molecule has 0 radical (unpaired) electrons. The largest absolute Gasteiger partial charge is 0.337 e. The molecule has 1 aromatic rings. The molecule has 17 heavy (non-hydrogen) atoms. The average Bonchev–Trinajstić information content (AvgIpc) is 2.72. The summed E-state index contributed by atoms with van der Waals surface area (Å²) in [6.45, 7) is 3.06. The number of carbonyl (C=O) groups is 1. The monoisotopic (exact) mass is 345 g/mol. The highest BCUT2D eigenvalue weighted by molar-refractivity contribution is 14.1. The molecule has 0 spiro atoms. The fraction of sp³-hybridized carbons (Fsp3) is 0.500. The predicted molar refractivity (Wildman–Crippen MR) is 70.9 cm³/mol. The van der Waals surface area contributed by atoms with Crippen LogP contribution in [0.1, 0.15) is 0 Å². The lowest BCUT2D eigenvalue weighted by atomic mass is 10.2. The van der Waals surface area contributed by atoms with Crippen molar-refractivity contribution in [2.75, 3.05) is 31.1 Å². The number of nitrogens with zero attached hydrogens (tertiary/aromatic N) is 4. The number of halogens is 1. The number of piperazine rings is 1. The Balaban J connectivity index is 1.75. The van der Waals surface area contributed by atoms with Crippen LogP contribution in [0.5, 0.6) is 0 Å². The zero-order chi connectivity index (χ0) is 11.8. The van der Waals surface area contributed by atoms with E-state index in [0.29, 0.717) is 0 Å². The molecule has 0 bridgehead atoms. The Hall–Kier alpha value is -1.12. The first-order chi connectivity index (χ1) is 8.24. The second kappa shape index (κ2) is 4.28. The van der Waals surface area contributed by atoms with Crippen LogP contribution in [-0.2, 0) is 0 Å². The molecule has 0 aromatic carbocycles. The van der Waals surface area contributed by atoms with E-state index in [1.54, 1.807) is 0 Å². The minimum atomic E-state index is 0.0539. The molecule has 1 aromatic heterocycles. The highest BCUT2D eigenvalue weighted by Crippen LogP contribution is 2.18. The van der Waals surface area contributed by atoms with E-state index in [1.807, 2.05) is 17.3 Å². The molecule has 1 N–H and O–H groups in total. The van der Waals surface area contributed by atoms with Crippen molar-refractivity contribution in [1.82, 2.24) is 20.2 Å². The molecule has 3 rings (SSSR count). The van der Waals surface area contributed by atoms with Crippen LogP contribution < -0.4 is 10.2 Å². The Morgan fingerprint density at radius 1 is 1.35 bits per heavy atom. The molecular weight excluding hydrogens is 333 g/mol. The summed E-state index contributed by atoms with van der Waals surface area (Å²) >= 11 is 2.19. The zero-order valence-corrected chi connectivity index (χ0v) is 11.3. The standard InChI is InChI=1S/C10H12IN5O/c11-7-3-12-9(13-4-7)15-1-2-16-8(6-15)5-14-10(16)17/h3-4,8H,1-2,5-6H2,(H,14,17). The number of rotatable bonds is 1. The fourth-order valence-electron chi connectivity index (χ4n) is 2.25. The van der Waals surface area contributed by atoms with Gasteiger partial charge in [-0.25, -0.2) is 14.8 Å². The van der Waals surface area contributed by atoms with Crippen LogP contribution in [0.3, 0.4) is 0 Å². The number of amides is 2. The summed E-state index contributed by atoms with van der Waals surface area (Å²) in [6.07, 6.45) is 3.63. The summed E-state index contributed by atoms with van der Waals surface area (Å²) in [5, 5.41) is 2.86. The minimum Gasteiger partial charge on any atom is -0.337 e. The number of nitrogens with one attached hydrogen (secondary N) is 1. The van der Waals surface area contributed by atoms with E-state index in [-0.39, 0.29) is 12.1 Å². The summed E-state index contributed by atoms with van der Waals surface area (Å²) in [4.78, 5) is 24.1. The maximum absolute atomic E-state index is 11.5. The van der Waals surface area contributed by atoms with Gasteiger partial charge in [0.15, 0.2) is 0 Å². The van der Waals surface area contributed by atoms with Crippen molar-refractivity contribution in [3.63, 3.8) is 0 Å². The number of aromatic nitrogens is 2. The van der Waals surface area contributed by atoms with Gasteiger partial charge < -0.3 is 15.1 Å². The Morgan fingerprint density at radius 3 is 2.88 bits per heavy atom. The highest BCUT2D eigenvalue weighted by Gasteiger charge is 2.35. The number of hydrogen-bond donors (Lipinski definition) is 1. The molecule has 1 unspecified atom stereocenters. The average molecular weight is 345 g/mol. The van der Waals surface area contributed by atoms with Gasteiger partial charge in [0.2, 0.25) is 5.95 Å². The summed E-state index contributed by atoms with van der Waals surface area (Å²) in [6, 6.07) is 0.303. The highest BCUT2D eigenvalue weighted by atomic mass is 127. The van der Waals surface area contributed by atoms with Crippen molar-refractivity contribution >= 4 is 34.6 Å². The van der Waals surface area contributed by atoms with E-state index >= 15 is 0 Å². The first-order valence-electron chi connectivity index (χ1n) is 5.51. The van der Waals surface area contributed by atoms with Crippen molar-refractivity contribution < 1.29 is 4.79 Å². The molecule has 90 valence electrons. The smallest absolute Gasteiger partial charge is 0.317 e. The quantitative estimate of drug-likeness (QED) is 0.744. The van der Waals surface area contributed by atoms with Crippen molar-refractivity contribution in [2.24, 2.45) is 0 Å². The second-order valence-electron chi connectivity index (χ2n) is 4.18.